The number of nitrogens with one attached hydrogen (secondary N) is 1. The van der Waals surface area contributed by atoms with Gasteiger partial charge in [-0.3, -0.25) is 0 Å². The number of rotatable bonds is 6. The zero-order valence-electron chi connectivity index (χ0n) is 16.4. The van der Waals surface area contributed by atoms with Gasteiger partial charge in [0.15, 0.2) is 0 Å². The van der Waals surface area contributed by atoms with Gasteiger partial charge in [0.2, 0.25) is 10.0 Å². The van der Waals surface area contributed by atoms with Crippen LogP contribution in [0.1, 0.15) is 29.8 Å². The maximum atomic E-state index is 13.2. The fourth-order valence-electron chi connectivity index (χ4n) is 3.13. The van der Waals surface area contributed by atoms with Crippen LogP contribution in [0.5, 0.6) is 5.75 Å². The van der Waals surface area contributed by atoms with Crippen molar-refractivity contribution in [2.24, 2.45) is 0 Å². The van der Waals surface area contributed by atoms with Gasteiger partial charge in [-0.2, -0.15) is 18.3 Å². The van der Waals surface area contributed by atoms with Gasteiger partial charge in [0, 0.05) is 17.3 Å². The van der Waals surface area contributed by atoms with Crippen LogP contribution in [0.25, 0.3) is 5.69 Å². The maximum Gasteiger partial charge on any atom is 0.417 e. The summed E-state index contributed by atoms with van der Waals surface area (Å²) in [7, 11) is -2.87. The number of methoxy groups -OCH3 is 1. The van der Waals surface area contributed by atoms with Gasteiger partial charge in [-0.15, -0.1) is 0 Å². The van der Waals surface area contributed by atoms with E-state index in [1.54, 1.807) is 49.9 Å². The lowest BCUT2D eigenvalue weighted by Crippen LogP contribution is -2.29. The fourth-order valence-corrected chi connectivity index (χ4v) is 4.58. The quantitative estimate of drug-likeness (QED) is 0.623. The molecule has 0 amide bonds. The summed E-state index contributed by atoms with van der Waals surface area (Å²) in [6.07, 6.45) is -3.30. The summed E-state index contributed by atoms with van der Waals surface area (Å²) in [5, 5.41) is 4.28. The van der Waals surface area contributed by atoms with Gasteiger partial charge in [-0.1, -0.05) is 12.1 Å². The summed E-state index contributed by atoms with van der Waals surface area (Å²) >= 11 is 0. The van der Waals surface area contributed by atoms with Crippen LogP contribution in [0.15, 0.2) is 59.6 Å². The van der Waals surface area contributed by atoms with Crippen molar-refractivity contribution in [2.45, 2.75) is 31.0 Å². The third-order valence-corrected chi connectivity index (χ3v) is 6.24. The molecule has 0 spiro atoms. The van der Waals surface area contributed by atoms with E-state index in [1.165, 1.54) is 12.3 Å². The van der Waals surface area contributed by atoms with E-state index in [2.05, 4.69) is 9.82 Å². The number of benzene rings is 2. The van der Waals surface area contributed by atoms with E-state index in [0.29, 0.717) is 17.0 Å². The van der Waals surface area contributed by atoms with Crippen LogP contribution in [0, 0.1) is 6.92 Å². The molecule has 2 aromatic carbocycles. The molecule has 1 atom stereocenters. The van der Waals surface area contributed by atoms with E-state index in [-0.39, 0.29) is 0 Å². The largest absolute Gasteiger partial charge is 0.497 e. The van der Waals surface area contributed by atoms with Crippen LogP contribution >= 0.6 is 0 Å². The predicted molar refractivity (Wildman–Crippen MR) is 105 cm³/mol. The highest BCUT2D eigenvalue weighted by Gasteiger charge is 2.37. The molecule has 1 unspecified atom stereocenters. The maximum absolute atomic E-state index is 13.2. The second kappa shape index (κ2) is 8.11. The predicted octanol–water partition coefficient (Wildman–Crippen LogP) is 4.25. The monoisotopic (exact) mass is 439 g/mol. The topological polar surface area (TPSA) is 73.2 Å². The van der Waals surface area contributed by atoms with Crippen molar-refractivity contribution in [1.82, 2.24) is 14.5 Å². The second-order valence-electron chi connectivity index (χ2n) is 6.63. The molecule has 160 valence electrons. The molecule has 3 rings (SSSR count). The standard InChI is InChI=1S/C20H20F3N3O3S/c1-13(25-30(27,28)19-7-5-4-6-18(19)20(21,22)23)17-12-24-26(14(17)2)15-8-10-16(29-3)11-9-15/h4-13,25H,1-3H3. The van der Waals surface area contributed by atoms with E-state index in [4.69, 9.17) is 4.74 Å². The number of aromatic nitrogens is 2. The molecule has 0 aliphatic carbocycles. The molecule has 3 aromatic rings. The number of sulfonamides is 1. The summed E-state index contributed by atoms with van der Waals surface area (Å²) in [5.41, 5.74) is 0.714. The highest BCUT2D eigenvalue weighted by Crippen LogP contribution is 2.34. The van der Waals surface area contributed by atoms with Crippen molar-refractivity contribution in [1.29, 1.82) is 0 Å². The minimum atomic E-state index is -4.79. The second-order valence-corrected chi connectivity index (χ2v) is 8.31. The van der Waals surface area contributed by atoms with Crippen LogP contribution in [0.4, 0.5) is 13.2 Å². The Kier molecular flexibility index (Phi) is 5.91. The summed E-state index contributed by atoms with van der Waals surface area (Å²) in [5.74, 6) is 0.674. The lowest BCUT2D eigenvalue weighted by Gasteiger charge is -2.17. The molecule has 0 bridgehead atoms. The normalized spacial score (nSPS) is 13.3. The van der Waals surface area contributed by atoms with Crippen LogP contribution in [-0.4, -0.2) is 25.3 Å². The molecule has 0 radical (unpaired) electrons. The number of halogens is 3. The van der Waals surface area contributed by atoms with Gasteiger partial charge in [0.25, 0.3) is 0 Å². The van der Waals surface area contributed by atoms with Crippen molar-refractivity contribution < 1.29 is 26.3 Å². The molecule has 0 saturated heterocycles. The highest BCUT2D eigenvalue weighted by atomic mass is 32.2. The van der Waals surface area contributed by atoms with Gasteiger partial charge in [-0.25, -0.2) is 17.8 Å². The zero-order valence-corrected chi connectivity index (χ0v) is 17.3. The first-order valence-corrected chi connectivity index (χ1v) is 10.4. The molecule has 0 saturated carbocycles. The lowest BCUT2D eigenvalue weighted by molar-refractivity contribution is -0.139. The molecule has 10 heteroatoms. The van der Waals surface area contributed by atoms with E-state index in [9.17, 15) is 21.6 Å². The summed E-state index contributed by atoms with van der Waals surface area (Å²) < 4.78 is 74.1. The van der Waals surface area contributed by atoms with E-state index in [0.717, 1.165) is 23.9 Å². The summed E-state index contributed by atoms with van der Waals surface area (Å²) in [6, 6.07) is 10.4. The van der Waals surface area contributed by atoms with Crippen LogP contribution < -0.4 is 9.46 Å². The van der Waals surface area contributed by atoms with E-state index in [1.807, 2.05) is 0 Å². The molecule has 6 nitrogen and oxygen atoms in total. The molecule has 1 aromatic heterocycles. The Morgan fingerprint density at radius 3 is 2.33 bits per heavy atom. The molecule has 0 fully saturated rings. The minimum Gasteiger partial charge on any atom is -0.497 e. The Bertz CT molecular complexity index is 1140. The van der Waals surface area contributed by atoms with Crippen LogP contribution in [-0.2, 0) is 16.2 Å². The first-order chi connectivity index (χ1) is 14.0. The smallest absolute Gasteiger partial charge is 0.417 e. The third kappa shape index (κ3) is 4.34. The molecule has 1 heterocycles. The van der Waals surface area contributed by atoms with Crippen LogP contribution in [0.3, 0.4) is 0 Å². The summed E-state index contributed by atoms with van der Waals surface area (Å²) in [6.45, 7) is 3.30. The highest BCUT2D eigenvalue weighted by molar-refractivity contribution is 7.89. The average molecular weight is 439 g/mol. The number of ether oxygens (including phenoxy) is 1. The fraction of sp³-hybridized carbons (Fsp3) is 0.250. The molecule has 0 aliphatic rings. The van der Waals surface area contributed by atoms with Gasteiger partial charge >= 0.3 is 6.18 Å². The Labute approximate surface area is 172 Å². The zero-order chi connectivity index (χ0) is 22.1. The summed E-state index contributed by atoms with van der Waals surface area (Å²) in [4.78, 5) is -0.815. The van der Waals surface area contributed by atoms with Crippen molar-refractivity contribution in [3.63, 3.8) is 0 Å². The number of alkyl halides is 3. The average Bonchev–Trinajstić information content (AvgIpc) is 3.08. The first kappa shape index (κ1) is 21.8. The third-order valence-electron chi connectivity index (χ3n) is 4.65. The van der Waals surface area contributed by atoms with Gasteiger partial charge in [0.1, 0.15) is 5.75 Å². The first-order valence-electron chi connectivity index (χ1n) is 8.92. The van der Waals surface area contributed by atoms with Crippen molar-refractivity contribution in [3.8, 4) is 11.4 Å². The molecule has 30 heavy (non-hydrogen) atoms. The lowest BCUT2D eigenvalue weighted by atomic mass is 10.1. The number of nitrogens with zero attached hydrogens (tertiary/aromatic N) is 2. The Balaban J connectivity index is 1.90. The van der Waals surface area contributed by atoms with Gasteiger partial charge in [0.05, 0.1) is 29.5 Å². The Morgan fingerprint density at radius 2 is 1.73 bits per heavy atom. The van der Waals surface area contributed by atoms with E-state index < -0.39 is 32.7 Å². The van der Waals surface area contributed by atoms with Gasteiger partial charge in [-0.05, 0) is 50.2 Å². The number of hydrogen-bond acceptors (Lipinski definition) is 4. The Morgan fingerprint density at radius 1 is 1.10 bits per heavy atom. The molecule has 1 N–H and O–H groups in total. The Hall–Kier alpha value is -2.85. The van der Waals surface area contributed by atoms with Gasteiger partial charge < -0.3 is 4.74 Å². The van der Waals surface area contributed by atoms with Crippen molar-refractivity contribution >= 4 is 10.0 Å². The molecule has 0 aliphatic heterocycles. The number of hydrogen-bond donors (Lipinski definition) is 1. The van der Waals surface area contributed by atoms with E-state index >= 15 is 0 Å². The SMILES string of the molecule is COc1ccc(-n2ncc(C(C)NS(=O)(=O)c3ccccc3C(F)(F)F)c2C)cc1. The van der Waals surface area contributed by atoms with Crippen molar-refractivity contribution in [2.75, 3.05) is 7.11 Å². The minimum absolute atomic E-state index is 0.541. The van der Waals surface area contributed by atoms with Crippen molar-refractivity contribution in [3.05, 3.63) is 71.5 Å². The van der Waals surface area contributed by atoms with Crippen LogP contribution in [0.2, 0.25) is 0 Å². The molecular formula is C20H20F3N3O3S. The molecular weight excluding hydrogens is 419 g/mol.